The first-order valence-corrected chi connectivity index (χ1v) is 12.9. The van der Waals surface area contributed by atoms with Crippen LogP contribution >= 0.6 is 39.1 Å². The number of nitrogens with zero attached hydrogens (tertiary/aromatic N) is 2. The molecule has 192 valence electrons. The highest BCUT2D eigenvalue weighted by molar-refractivity contribution is 9.10. The smallest absolute Gasteiger partial charge is 0.256 e. The maximum absolute atomic E-state index is 13.3. The van der Waals surface area contributed by atoms with E-state index in [0.29, 0.717) is 49.4 Å². The van der Waals surface area contributed by atoms with Crippen molar-refractivity contribution in [3.8, 4) is 11.5 Å². The first kappa shape index (κ1) is 25.8. The molecule has 1 spiro atoms. The van der Waals surface area contributed by atoms with Crippen molar-refractivity contribution >= 4 is 50.7 Å². The number of anilines is 1. The summed E-state index contributed by atoms with van der Waals surface area (Å²) in [6.45, 7) is 0.456. The second kappa shape index (κ2) is 9.79. The molecule has 3 atom stereocenters. The maximum atomic E-state index is 13.3. The van der Waals surface area contributed by atoms with Gasteiger partial charge < -0.3 is 14.8 Å². The minimum Gasteiger partial charge on any atom is -0.493 e. The zero-order chi connectivity index (χ0) is 26.5. The van der Waals surface area contributed by atoms with Gasteiger partial charge in [-0.2, -0.15) is 0 Å². The minimum absolute atomic E-state index is 0.161. The topological polar surface area (TPSA) is 93.9 Å². The zero-order valence-electron chi connectivity index (χ0n) is 19.8. The molecular formula is C26H22BrCl2N3O5. The van der Waals surface area contributed by atoms with Crippen molar-refractivity contribution in [2.24, 2.45) is 0 Å². The van der Waals surface area contributed by atoms with Gasteiger partial charge in [0.15, 0.2) is 17.0 Å². The predicted molar refractivity (Wildman–Crippen MR) is 144 cm³/mol. The molecule has 1 fully saturated rings. The highest BCUT2D eigenvalue weighted by atomic mass is 79.9. The molecule has 2 aliphatic heterocycles. The van der Waals surface area contributed by atoms with E-state index in [0.717, 1.165) is 5.56 Å². The molecule has 3 aromatic carbocycles. The molecule has 3 aromatic rings. The lowest BCUT2D eigenvalue weighted by Crippen LogP contribution is -2.54. The summed E-state index contributed by atoms with van der Waals surface area (Å²) in [5, 5.41) is 16.4. The van der Waals surface area contributed by atoms with Gasteiger partial charge in [-0.05, 0) is 58.9 Å². The molecule has 0 radical (unpaired) electrons. The Hall–Kier alpha value is -2.85. The Morgan fingerprint density at radius 1 is 1.22 bits per heavy atom. The van der Waals surface area contributed by atoms with Gasteiger partial charge in [-0.15, -0.1) is 0 Å². The highest BCUT2D eigenvalue weighted by Crippen LogP contribution is 2.53. The number of para-hydroxylation sites is 1. The van der Waals surface area contributed by atoms with E-state index in [1.54, 1.807) is 66.5 Å². The van der Waals surface area contributed by atoms with E-state index in [-0.39, 0.29) is 11.5 Å². The number of likely N-dealkylation sites (tertiary alicyclic amines) is 1. The largest absolute Gasteiger partial charge is 0.493 e. The van der Waals surface area contributed by atoms with Gasteiger partial charge in [-0.25, -0.2) is 0 Å². The molecule has 37 heavy (non-hydrogen) atoms. The molecule has 0 saturated carbocycles. The first-order chi connectivity index (χ1) is 17.7. The number of amides is 1. The van der Waals surface area contributed by atoms with E-state index in [1.165, 1.54) is 7.11 Å². The van der Waals surface area contributed by atoms with Crippen LogP contribution < -0.4 is 14.8 Å². The number of benzene rings is 3. The number of nitro groups is 1. The van der Waals surface area contributed by atoms with Gasteiger partial charge in [0, 0.05) is 38.3 Å². The van der Waals surface area contributed by atoms with Crippen molar-refractivity contribution in [1.82, 2.24) is 4.90 Å². The molecule has 8 nitrogen and oxygen atoms in total. The summed E-state index contributed by atoms with van der Waals surface area (Å²) in [5.74, 6) is -0.163. The van der Waals surface area contributed by atoms with E-state index in [2.05, 4.69) is 21.2 Å². The third kappa shape index (κ3) is 4.14. The fourth-order valence-electron chi connectivity index (χ4n) is 5.46. The quantitative estimate of drug-likeness (QED) is 0.279. The summed E-state index contributed by atoms with van der Waals surface area (Å²) in [6.07, 6.45) is 0. The fourth-order valence-corrected chi connectivity index (χ4v) is 6.50. The summed E-state index contributed by atoms with van der Waals surface area (Å²) in [5.41, 5.74) is 1.17. The Balaban J connectivity index is 1.52. The Bertz CT molecular complexity index is 1420. The number of methoxy groups -OCH3 is 1. The average molecular weight is 607 g/mol. The van der Waals surface area contributed by atoms with Gasteiger partial charge >= 0.3 is 0 Å². The first-order valence-electron chi connectivity index (χ1n) is 11.4. The molecule has 1 N–H and O–H groups in total. The highest BCUT2D eigenvalue weighted by Gasteiger charge is 2.68. The predicted octanol–water partition coefficient (Wildman–Crippen LogP) is 5.87. The Morgan fingerprint density at radius 2 is 1.97 bits per heavy atom. The third-order valence-corrected chi connectivity index (χ3v) is 8.28. The molecule has 2 heterocycles. The number of carbonyl (C=O) groups is 1. The summed E-state index contributed by atoms with van der Waals surface area (Å²) in [4.78, 5) is 27.4. The lowest BCUT2D eigenvalue weighted by molar-refractivity contribution is -0.534. The van der Waals surface area contributed by atoms with Crippen LogP contribution in [0.3, 0.4) is 0 Å². The van der Waals surface area contributed by atoms with Gasteiger partial charge in [0.2, 0.25) is 0 Å². The van der Waals surface area contributed by atoms with Crippen molar-refractivity contribution in [3.05, 3.63) is 95.9 Å². The number of nitrogens with one attached hydrogen (secondary N) is 1. The van der Waals surface area contributed by atoms with Crippen LogP contribution in [0.15, 0.2) is 59.1 Å². The van der Waals surface area contributed by atoms with E-state index in [4.69, 9.17) is 32.7 Å². The van der Waals surface area contributed by atoms with Gasteiger partial charge in [-0.3, -0.25) is 19.8 Å². The number of likely N-dealkylation sites (N-methyl/N-ethyl adjacent to an activating group) is 1. The van der Waals surface area contributed by atoms with Crippen molar-refractivity contribution in [1.29, 1.82) is 0 Å². The SMILES string of the molecule is COc1cc([C@@H]2CN(C)[C@@]3(C(=O)Nc4ccccc43)[C@H]2[N+](=O)[O-])cc(Br)c1OCc1ccc(Cl)cc1Cl. The van der Waals surface area contributed by atoms with Gasteiger partial charge in [0.1, 0.15) is 6.61 Å². The summed E-state index contributed by atoms with van der Waals surface area (Å²) >= 11 is 15.8. The van der Waals surface area contributed by atoms with Gasteiger partial charge in [-0.1, -0.05) is 47.5 Å². The van der Waals surface area contributed by atoms with Crippen LogP contribution in [-0.4, -0.2) is 42.5 Å². The summed E-state index contributed by atoms with van der Waals surface area (Å²) in [6, 6.07) is 14.6. The summed E-state index contributed by atoms with van der Waals surface area (Å²) in [7, 11) is 3.25. The molecule has 0 aliphatic carbocycles. The van der Waals surface area contributed by atoms with Gasteiger partial charge in [0.05, 0.1) is 17.5 Å². The van der Waals surface area contributed by atoms with Crippen molar-refractivity contribution < 1.29 is 19.2 Å². The molecule has 1 saturated heterocycles. The second-order valence-corrected chi connectivity index (χ2v) is 10.7. The summed E-state index contributed by atoms with van der Waals surface area (Å²) < 4.78 is 12.2. The monoisotopic (exact) mass is 605 g/mol. The van der Waals surface area contributed by atoms with Crippen LogP contribution in [0.25, 0.3) is 0 Å². The lowest BCUT2D eigenvalue weighted by Gasteiger charge is -2.30. The number of carbonyl (C=O) groups excluding carboxylic acids is 1. The molecular weight excluding hydrogens is 585 g/mol. The Morgan fingerprint density at radius 3 is 2.68 bits per heavy atom. The molecule has 5 rings (SSSR count). The maximum Gasteiger partial charge on any atom is 0.256 e. The number of fused-ring (bicyclic) bond motifs is 2. The van der Waals surface area contributed by atoms with E-state index in [9.17, 15) is 14.9 Å². The molecule has 1 amide bonds. The third-order valence-electron chi connectivity index (χ3n) is 7.11. The molecule has 0 bridgehead atoms. The van der Waals surface area contributed by atoms with Gasteiger partial charge in [0.25, 0.3) is 11.9 Å². The molecule has 0 aromatic heterocycles. The minimum atomic E-state index is -1.43. The van der Waals surface area contributed by atoms with Crippen LogP contribution in [0.2, 0.25) is 10.0 Å². The van der Waals surface area contributed by atoms with Crippen molar-refractivity contribution in [2.75, 3.05) is 26.0 Å². The van der Waals surface area contributed by atoms with Crippen LogP contribution in [0, 0.1) is 10.1 Å². The van der Waals surface area contributed by atoms with E-state index >= 15 is 0 Å². The number of halogens is 3. The molecule has 11 heteroatoms. The average Bonchev–Trinajstić information content (AvgIpc) is 3.33. The lowest BCUT2D eigenvalue weighted by atomic mass is 9.79. The van der Waals surface area contributed by atoms with Crippen molar-refractivity contribution in [2.45, 2.75) is 24.1 Å². The number of ether oxygens (including phenoxy) is 2. The molecule has 0 unspecified atom stereocenters. The normalized spacial score (nSPS) is 22.7. The Kier molecular flexibility index (Phi) is 6.83. The van der Waals surface area contributed by atoms with E-state index < -0.39 is 23.4 Å². The number of hydrogen-bond donors (Lipinski definition) is 1. The number of hydrogen-bond acceptors (Lipinski definition) is 6. The number of rotatable bonds is 6. The van der Waals surface area contributed by atoms with Crippen LogP contribution in [0.4, 0.5) is 5.69 Å². The van der Waals surface area contributed by atoms with E-state index in [1.807, 2.05) is 0 Å². The molecule has 2 aliphatic rings. The standard InChI is InChI=1S/C26H22BrCl2N3O5/c1-31-12-17(24(32(34)35)26(31)18-5-3-4-6-21(18)30-25(26)33)15-9-19(27)23(22(10-15)36-2)37-13-14-7-8-16(28)11-20(14)29/h3-11,17,24H,12-13H2,1-2H3,(H,30,33)/t17-,24-,26+/m0/s1. The van der Waals surface area contributed by atoms with Crippen LogP contribution in [0.5, 0.6) is 11.5 Å². The second-order valence-electron chi connectivity index (χ2n) is 9.04. The zero-order valence-corrected chi connectivity index (χ0v) is 22.9. The Labute approximate surface area is 231 Å². The van der Waals surface area contributed by atoms with Crippen LogP contribution in [0.1, 0.15) is 22.6 Å². The fraction of sp³-hybridized carbons (Fsp3) is 0.269. The van der Waals surface area contributed by atoms with Crippen molar-refractivity contribution in [3.63, 3.8) is 0 Å². The van der Waals surface area contributed by atoms with Crippen LogP contribution in [-0.2, 0) is 16.9 Å².